The van der Waals surface area contributed by atoms with E-state index in [0.717, 1.165) is 29.9 Å². The molecular formula is C14H15F2N3O. The van der Waals surface area contributed by atoms with Crippen molar-refractivity contribution in [2.24, 2.45) is 0 Å². The van der Waals surface area contributed by atoms with E-state index in [1.165, 1.54) is 6.07 Å². The van der Waals surface area contributed by atoms with Crippen LogP contribution in [-0.4, -0.2) is 16.5 Å². The summed E-state index contributed by atoms with van der Waals surface area (Å²) in [5.74, 6) is -1.55. The molecule has 0 aliphatic rings. The Kier molecular flexibility index (Phi) is 4.57. The third kappa shape index (κ3) is 3.48. The highest BCUT2D eigenvalue weighted by Gasteiger charge is 2.09. The maximum Gasteiger partial charge on any atom is 0.322 e. The molecule has 1 N–H and O–H groups in total. The Balaban J connectivity index is 2.15. The average Bonchev–Trinajstić information content (AvgIpc) is 2.41. The zero-order valence-corrected chi connectivity index (χ0v) is 11.3. The van der Waals surface area contributed by atoms with Crippen molar-refractivity contribution in [1.82, 2.24) is 15.3 Å². The first kappa shape index (κ1) is 14.3. The van der Waals surface area contributed by atoms with Crippen molar-refractivity contribution in [3.05, 3.63) is 47.3 Å². The van der Waals surface area contributed by atoms with Gasteiger partial charge in [0.05, 0.1) is 0 Å². The molecule has 2 rings (SSSR count). The van der Waals surface area contributed by atoms with Crippen LogP contribution >= 0.6 is 0 Å². The van der Waals surface area contributed by atoms with E-state index >= 15 is 0 Å². The minimum Gasteiger partial charge on any atom is -0.421 e. The summed E-state index contributed by atoms with van der Waals surface area (Å²) in [6, 6.07) is 3.11. The lowest BCUT2D eigenvalue weighted by Gasteiger charge is -2.08. The number of aromatic nitrogens is 2. The molecule has 0 aliphatic carbocycles. The van der Waals surface area contributed by atoms with Gasteiger partial charge < -0.3 is 10.1 Å². The lowest BCUT2D eigenvalue weighted by molar-refractivity contribution is 0.406. The van der Waals surface area contributed by atoms with Crippen molar-refractivity contribution >= 4 is 0 Å². The number of aryl methyl sites for hydroxylation is 1. The van der Waals surface area contributed by atoms with Crippen LogP contribution in [0.4, 0.5) is 8.78 Å². The quantitative estimate of drug-likeness (QED) is 0.914. The number of hydrogen-bond acceptors (Lipinski definition) is 4. The zero-order valence-electron chi connectivity index (χ0n) is 11.3. The molecule has 0 saturated carbocycles. The molecule has 0 unspecified atom stereocenters. The summed E-state index contributed by atoms with van der Waals surface area (Å²) in [5.41, 5.74) is 1.69. The van der Waals surface area contributed by atoms with Crippen LogP contribution in [0.3, 0.4) is 0 Å². The van der Waals surface area contributed by atoms with Gasteiger partial charge in [-0.3, -0.25) is 0 Å². The van der Waals surface area contributed by atoms with Gasteiger partial charge in [-0.25, -0.2) is 13.8 Å². The molecule has 106 valence electrons. The molecule has 0 fully saturated rings. The van der Waals surface area contributed by atoms with E-state index in [1.807, 2.05) is 13.8 Å². The Morgan fingerprint density at radius 3 is 2.75 bits per heavy atom. The molecule has 0 saturated heterocycles. The molecular weight excluding hydrogens is 264 g/mol. The Bertz CT molecular complexity index is 605. The van der Waals surface area contributed by atoms with Gasteiger partial charge in [0.2, 0.25) is 0 Å². The normalized spacial score (nSPS) is 10.6. The zero-order chi connectivity index (χ0) is 14.5. The van der Waals surface area contributed by atoms with Crippen molar-refractivity contribution in [2.45, 2.75) is 20.4 Å². The van der Waals surface area contributed by atoms with Crippen LogP contribution in [0, 0.1) is 18.6 Å². The Morgan fingerprint density at radius 2 is 2.10 bits per heavy atom. The number of ether oxygens (including phenoxy) is 1. The van der Waals surface area contributed by atoms with Gasteiger partial charge in [0, 0.05) is 30.1 Å². The van der Waals surface area contributed by atoms with Gasteiger partial charge in [-0.1, -0.05) is 6.92 Å². The maximum atomic E-state index is 13.5. The number of hydrogen-bond donors (Lipinski definition) is 1. The number of benzene rings is 1. The lowest BCUT2D eigenvalue weighted by Crippen LogP contribution is -2.13. The summed E-state index contributed by atoms with van der Waals surface area (Å²) >= 11 is 0. The Hall–Kier alpha value is -2.08. The van der Waals surface area contributed by atoms with Gasteiger partial charge in [0.25, 0.3) is 0 Å². The fraction of sp³-hybridized carbons (Fsp3) is 0.286. The third-order valence-corrected chi connectivity index (χ3v) is 2.72. The first-order valence-electron chi connectivity index (χ1n) is 6.26. The minimum absolute atomic E-state index is 0.0354. The molecule has 0 atom stereocenters. The highest BCUT2D eigenvalue weighted by atomic mass is 19.1. The van der Waals surface area contributed by atoms with E-state index in [4.69, 9.17) is 4.74 Å². The predicted molar refractivity (Wildman–Crippen MR) is 70.6 cm³/mol. The SMILES string of the molecule is CCNCc1cnc(Oc2ccc(F)cc2F)nc1C. The lowest BCUT2D eigenvalue weighted by atomic mass is 10.2. The van der Waals surface area contributed by atoms with Gasteiger partial charge in [-0.05, 0) is 25.6 Å². The number of nitrogens with zero attached hydrogens (tertiary/aromatic N) is 2. The van der Waals surface area contributed by atoms with Gasteiger partial charge in [0.1, 0.15) is 5.82 Å². The summed E-state index contributed by atoms with van der Waals surface area (Å²) in [6.07, 6.45) is 1.63. The molecule has 20 heavy (non-hydrogen) atoms. The van der Waals surface area contributed by atoms with Crippen molar-refractivity contribution < 1.29 is 13.5 Å². The molecule has 0 amide bonds. The highest BCUT2D eigenvalue weighted by Crippen LogP contribution is 2.22. The Morgan fingerprint density at radius 1 is 1.30 bits per heavy atom. The van der Waals surface area contributed by atoms with Crippen LogP contribution in [0.25, 0.3) is 0 Å². The summed E-state index contributed by atoms with van der Waals surface area (Å²) in [7, 11) is 0. The van der Waals surface area contributed by atoms with Crippen LogP contribution in [0.1, 0.15) is 18.2 Å². The van der Waals surface area contributed by atoms with Crippen LogP contribution in [0.2, 0.25) is 0 Å². The average molecular weight is 279 g/mol. The van der Waals surface area contributed by atoms with Crippen molar-refractivity contribution in [3.63, 3.8) is 0 Å². The standard InChI is InChI=1S/C14H15F2N3O/c1-3-17-7-10-8-18-14(19-9(10)2)20-13-5-4-11(15)6-12(13)16/h4-6,8,17H,3,7H2,1-2H3. The second-order valence-electron chi connectivity index (χ2n) is 4.22. The van der Waals surface area contributed by atoms with Crippen molar-refractivity contribution in [2.75, 3.05) is 6.54 Å². The molecule has 0 radical (unpaired) electrons. The fourth-order valence-electron chi connectivity index (χ4n) is 1.61. The Labute approximate surface area is 115 Å². The van der Waals surface area contributed by atoms with E-state index in [0.29, 0.717) is 6.54 Å². The highest BCUT2D eigenvalue weighted by molar-refractivity contribution is 5.28. The summed E-state index contributed by atoms with van der Waals surface area (Å²) < 4.78 is 31.5. The molecule has 1 heterocycles. The smallest absolute Gasteiger partial charge is 0.322 e. The van der Waals surface area contributed by atoms with E-state index in [-0.39, 0.29) is 11.8 Å². The first-order valence-corrected chi connectivity index (χ1v) is 6.26. The van der Waals surface area contributed by atoms with Crippen molar-refractivity contribution in [1.29, 1.82) is 0 Å². The molecule has 2 aromatic rings. The fourth-order valence-corrected chi connectivity index (χ4v) is 1.61. The number of halogens is 2. The van der Waals surface area contributed by atoms with Crippen molar-refractivity contribution in [3.8, 4) is 11.8 Å². The van der Waals surface area contributed by atoms with Crippen LogP contribution in [-0.2, 0) is 6.54 Å². The van der Waals surface area contributed by atoms with Gasteiger partial charge >= 0.3 is 6.01 Å². The molecule has 1 aromatic carbocycles. The molecule has 0 spiro atoms. The van der Waals surface area contributed by atoms with Gasteiger partial charge in [0.15, 0.2) is 11.6 Å². The van der Waals surface area contributed by atoms with E-state index in [1.54, 1.807) is 6.20 Å². The molecule has 1 aromatic heterocycles. The minimum atomic E-state index is -0.789. The summed E-state index contributed by atoms with van der Waals surface area (Å²) in [6.45, 7) is 5.33. The van der Waals surface area contributed by atoms with E-state index in [2.05, 4.69) is 15.3 Å². The third-order valence-electron chi connectivity index (χ3n) is 2.72. The van der Waals surface area contributed by atoms with Gasteiger partial charge in [-0.15, -0.1) is 0 Å². The number of nitrogens with one attached hydrogen (secondary N) is 1. The second kappa shape index (κ2) is 6.38. The largest absolute Gasteiger partial charge is 0.421 e. The van der Waals surface area contributed by atoms with E-state index in [9.17, 15) is 8.78 Å². The maximum absolute atomic E-state index is 13.5. The second-order valence-corrected chi connectivity index (χ2v) is 4.22. The van der Waals surface area contributed by atoms with Crippen LogP contribution in [0.5, 0.6) is 11.8 Å². The molecule has 6 heteroatoms. The number of rotatable bonds is 5. The van der Waals surface area contributed by atoms with E-state index < -0.39 is 11.6 Å². The van der Waals surface area contributed by atoms with Gasteiger partial charge in [-0.2, -0.15) is 4.98 Å². The van der Waals surface area contributed by atoms with Crippen LogP contribution < -0.4 is 10.1 Å². The predicted octanol–water partition coefficient (Wildman–Crippen LogP) is 2.97. The summed E-state index contributed by atoms with van der Waals surface area (Å²) in [5, 5.41) is 3.17. The first-order chi connectivity index (χ1) is 9.60. The topological polar surface area (TPSA) is 47.0 Å². The summed E-state index contributed by atoms with van der Waals surface area (Å²) in [4.78, 5) is 8.17. The van der Waals surface area contributed by atoms with Crippen LogP contribution in [0.15, 0.2) is 24.4 Å². The monoisotopic (exact) mass is 279 g/mol. The molecule has 4 nitrogen and oxygen atoms in total. The molecule has 0 bridgehead atoms. The molecule has 0 aliphatic heterocycles.